The van der Waals surface area contributed by atoms with E-state index in [4.69, 9.17) is 0 Å². The first kappa shape index (κ1) is 22.3. The Morgan fingerprint density at radius 3 is 2.62 bits per heavy atom. The van der Waals surface area contributed by atoms with Gasteiger partial charge in [0.25, 0.3) is 0 Å². The Morgan fingerprint density at radius 1 is 1.16 bits per heavy atom. The average molecular weight is 449 g/mol. The van der Waals surface area contributed by atoms with Crippen LogP contribution in [0.5, 0.6) is 0 Å². The van der Waals surface area contributed by atoms with Crippen molar-refractivity contribution in [2.24, 2.45) is 0 Å². The molecule has 7 heteroatoms. The van der Waals surface area contributed by atoms with Gasteiger partial charge in [-0.25, -0.2) is 4.79 Å². The lowest BCUT2D eigenvalue weighted by molar-refractivity contribution is -0.113. The molecule has 32 heavy (non-hydrogen) atoms. The zero-order valence-corrected chi connectivity index (χ0v) is 19.6. The molecule has 1 aliphatic rings. The van der Waals surface area contributed by atoms with Crippen LogP contribution in [0.1, 0.15) is 46.4 Å². The number of anilines is 1. The van der Waals surface area contributed by atoms with Gasteiger partial charge in [0.1, 0.15) is 5.03 Å². The third-order valence-corrected chi connectivity index (χ3v) is 6.81. The number of carbonyl (C=O) groups excluding carboxylic acids is 1. The Morgan fingerprint density at radius 2 is 1.91 bits per heavy atom. The molecule has 2 heterocycles. The predicted molar refractivity (Wildman–Crippen MR) is 128 cm³/mol. The van der Waals surface area contributed by atoms with E-state index >= 15 is 0 Å². The summed E-state index contributed by atoms with van der Waals surface area (Å²) in [6.45, 7) is 6.53. The number of nitrogens with one attached hydrogen (secondary N) is 1. The highest BCUT2D eigenvalue weighted by atomic mass is 32.2. The predicted octanol–water partition coefficient (Wildman–Crippen LogP) is 4.22. The molecule has 2 aromatic heterocycles. The molecule has 0 saturated carbocycles. The molecule has 1 aromatic carbocycles. The molecule has 0 bridgehead atoms. The van der Waals surface area contributed by atoms with E-state index in [0.29, 0.717) is 11.6 Å². The van der Waals surface area contributed by atoms with Crippen molar-refractivity contribution in [1.82, 2.24) is 14.5 Å². The summed E-state index contributed by atoms with van der Waals surface area (Å²) >= 11 is 1.36. The Hall–Kier alpha value is -2.93. The minimum atomic E-state index is -0.261. The maximum absolute atomic E-state index is 12.9. The average Bonchev–Trinajstić information content (AvgIpc) is 2.77. The lowest BCUT2D eigenvalue weighted by Gasteiger charge is -2.22. The van der Waals surface area contributed by atoms with E-state index in [-0.39, 0.29) is 17.3 Å². The smallest absolute Gasteiger partial charge is 0.325 e. The number of amides is 1. The number of hydrogen-bond acceptors (Lipinski definition) is 5. The number of hydrogen-bond donors (Lipinski definition) is 1. The van der Waals surface area contributed by atoms with Crippen LogP contribution in [-0.4, -0.2) is 26.2 Å². The van der Waals surface area contributed by atoms with E-state index in [1.165, 1.54) is 17.3 Å². The Balaban J connectivity index is 1.54. The van der Waals surface area contributed by atoms with Crippen LogP contribution >= 0.6 is 11.8 Å². The van der Waals surface area contributed by atoms with Crippen LogP contribution < -0.4 is 11.0 Å². The zero-order chi connectivity index (χ0) is 22.7. The van der Waals surface area contributed by atoms with Gasteiger partial charge in [0.2, 0.25) is 5.91 Å². The molecule has 0 spiro atoms. The van der Waals surface area contributed by atoms with Crippen LogP contribution in [0.25, 0.3) is 0 Å². The summed E-state index contributed by atoms with van der Waals surface area (Å²) in [5, 5.41) is 3.73. The molecule has 0 unspecified atom stereocenters. The van der Waals surface area contributed by atoms with E-state index in [2.05, 4.69) is 27.4 Å². The largest absolute Gasteiger partial charge is 0.349 e. The number of fused-ring (bicyclic) bond motifs is 1. The second-order valence-electron chi connectivity index (χ2n) is 8.39. The van der Waals surface area contributed by atoms with Crippen molar-refractivity contribution in [2.75, 3.05) is 11.1 Å². The number of nitrogens with zero attached hydrogens (tertiary/aromatic N) is 3. The third-order valence-electron chi connectivity index (χ3n) is 5.80. The van der Waals surface area contributed by atoms with Crippen LogP contribution in [-0.2, 0) is 24.2 Å². The zero-order valence-electron chi connectivity index (χ0n) is 18.8. The van der Waals surface area contributed by atoms with Crippen molar-refractivity contribution in [2.45, 2.75) is 58.0 Å². The Kier molecular flexibility index (Phi) is 6.74. The molecular weight excluding hydrogens is 420 g/mol. The molecule has 1 aliphatic carbocycles. The minimum absolute atomic E-state index is 0.0871. The summed E-state index contributed by atoms with van der Waals surface area (Å²) in [5.74, 6) is 0.133. The van der Waals surface area contributed by atoms with E-state index in [1.807, 2.05) is 32.9 Å². The monoisotopic (exact) mass is 448 g/mol. The lowest BCUT2D eigenvalue weighted by Crippen LogP contribution is -2.31. The Labute approximate surface area is 192 Å². The maximum atomic E-state index is 12.9. The summed E-state index contributed by atoms with van der Waals surface area (Å²) in [6.07, 6.45) is 7.38. The van der Waals surface area contributed by atoms with E-state index in [9.17, 15) is 9.59 Å². The molecule has 0 fully saturated rings. The topological polar surface area (TPSA) is 76.9 Å². The highest BCUT2D eigenvalue weighted by Crippen LogP contribution is 2.29. The van der Waals surface area contributed by atoms with Crippen molar-refractivity contribution < 1.29 is 4.79 Å². The molecule has 0 aliphatic heterocycles. The molecule has 6 nitrogen and oxygen atoms in total. The number of rotatable bonds is 6. The second kappa shape index (κ2) is 9.69. The molecule has 1 amide bonds. The van der Waals surface area contributed by atoms with Crippen molar-refractivity contribution >= 4 is 23.4 Å². The maximum Gasteiger partial charge on any atom is 0.349 e. The van der Waals surface area contributed by atoms with Gasteiger partial charge in [0.15, 0.2) is 0 Å². The first-order valence-corrected chi connectivity index (χ1v) is 11.9. The van der Waals surface area contributed by atoms with Crippen LogP contribution in [0.2, 0.25) is 0 Å². The molecule has 0 saturated heterocycles. The van der Waals surface area contributed by atoms with Crippen LogP contribution in [0.15, 0.2) is 46.5 Å². The highest BCUT2D eigenvalue weighted by Gasteiger charge is 2.21. The van der Waals surface area contributed by atoms with Gasteiger partial charge in [-0.1, -0.05) is 35.5 Å². The highest BCUT2D eigenvalue weighted by molar-refractivity contribution is 8.00. The minimum Gasteiger partial charge on any atom is -0.325 e. The molecule has 3 aromatic rings. The number of thioether (sulfide) groups is 1. The van der Waals surface area contributed by atoms with Gasteiger partial charge in [-0.05, 0) is 69.2 Å². The van der Waals surface area contributed by atoms with Crippen molar-refractivity contribution in [3.8, 4) is 0 Å². The SMILES string of the molecule is Cc1cc(C)c(NC(=O)CSc2nc(=O)n(Cc3cccnc3)c3c2CCCC3)c(C)c1. The first-order chi connectivity index (χ1) is 15.4. The van der Waals surface area contributed by atoms with Crippen molar-refractivity contribution in [3.63, 3.8) is 0 Å². The fourth-order valence-electron chi connectivity index (χ4n) is 4.39. The van der Waals surface area contributed by atoms with Gasteiger partial charge in [0.05, 0.1) is 12.3 Å². The lowest BCUT2D eigenvalue weighted by atomic mass is 9.97. The van der Waals surface area contributed by atoms with E-state index in [0.717, 1.165) is 59.3 Å². The van der Waals surface area contributed by atoms with Crippen LogP contribution in [0.3, 0.4) is 0 Å². The van der Waals surface area contributed by atoms with Gasteiger partial charge in [-0.15, -0.1) is 0 Å². The molecule has 1 N–H and O–H groups in total. The molecule has 166 valence electrons. The number of carbonyl (C=O) groups is 1. The fraction of sp³-hybridized carbons (Fsp3) is 0.360. The Bertz CT molecular complexity index is 1180. The third kappa shape index (κ3) is 4.93. The van der Waals surface area contributed by atoms with E-state index < -0.39 is 0 Å². The summed E-state index contributed by atoms with van der Waals surface area (Å²) in [6, 6.07) is 7.97. The van der Waals surface area contributed by atoms with Gasteiger partial charge in [-0.2, -0.15) is 4.98 Å². The van der Waals surface area contributed by atoms with Crippen molar-refractivity contribution in [1.29, 1.82) is 0 Å². The first-order valence-electron chi connectivity index (χ1n) is 10.9. The van der Waals surface area contributed by atoms with Gasteiger partial charge < -0.3 is 5.32 Å². The number of aromatic nitrogens is 3. The number of pyridine rings is 1. The van der Waals surface area contributed by atoms with Crippen LogP contribution in [0, 0.1) is 20.8 Å². The molecule has 0 radical (unpaired) electrons. The second-order valence-corrected chi connectivity index (χ2v) is 9.35. The fourth-order valence-corrected chi connectivity index (χ4v) is 5.27. The van der Waals surface area contributed by atoms with Gasteiger partial charge >= 0.3 is 5.69 Å². The summed E-state index contributed by atoms with van der Waals surface area (Å²) in [7, 11) is 0. The summed E-state index contributed by atoms with van der Waals surface area (Å²) in [4.78, 5) is 34.1. The summed E-state index contributed by atoms with van der Waals surface area (Å²) in [5.41, 5.74) is 7.02. The molecule has 0 atom stereocenters. The summed E-state index contributed by atoms with van der Waals surface area (Å²) < 4.78 is 1.77. The quantitative estimate of drug-likeness (QED) is 0.451. The normalized spacial score (nSPS) is 13.0. The van der Waals surface area contributed by atoms with E-state index in [1.54, 1.807) is 17.0 Å². The molecule has 4 rings (SSSR count). The number of benzene rings is 1. The number of aryl methyl sites for hydroxylation is 3. The standard InChI is InChI=1S/C25H28N4O2S/c1-16-11-17(2)23(18(3)12-16)27-22(30)15-32-24-20-8-4-5-9-21(20)29(25(31)28-24)14-19-7-6-10-26-13-19/h6-7,10-13H,4-5,8-9,14-15H2,1-3H3,(H,27,30). The molecular formula is C25H28N4O2S. The van der Waals surface area contributed by atoms with Gasteiger partial charge in [-0.3, -0.25) is 14.3 Å². The van der Waals surface area contributed by atoms with Crippen LogP contribution in [0.4, 0.5) is 5.69 Å². The van der Waals surface area contributed by atoms with Crippen molar-refractivity contribution in [3.05, 3.63) is 80.7 Å². The van der Waals surface area contributed by atoms with Gasteiger partial charge in [0, 0.05) is 29.3 Å².